The van der Waals surface area contributed by atoms with E-state index in [9.17, 15) is 9.90 Å². The van der Waals surface area contributed by atoms with E-state index in [0.29, 0.717) is 39.6 Å². The summed E-state index contributed by atoms with van der Waals surface area (Å²) in [6, 6.07) is 20.5. The van der Waals surface area contributed by atoms with E-state index in [4.69, 9.17) is 14.7 Å². The Bertz CT molecular complexity index is 1120. The fourth-order valence-electron chi connectivity index (χ4n) is 3.57. The Hall–Kier alpha value is -3.82. The first kappa shape index (κ1) is 18.5. The standard InChI is InChI=1S/C23H18N2O4/c1-28-18-9-7-17(8-10-18)25-21-13-19(29-2)11-12-20(21)22(26)23(25,27)16-5-3-15(14-24)4-6-16/h3-13,27H,1-2H3. The number of carbonyl (C=O) groups excluding carboxylic acids is 1. The normalized spacial score (nSPS) is 17.6. The number of fused-ring (bicyclic) bond motifs is 1. The first-order valence-electron chi connectivity index (χ1n) is 8.93. The summed E-state index contributed by atoms with van der Waals surface area (Å²) in [5.74, 6) is 0.780. The van der Waals surface area contributed by atoms with Gasteiger partial charge >= 0.3 is 0 Å². The molecule has 0 aliphatic carbocycles. The maximum absolute atomic E-state index is 13.4. The maximum atomic E-state index is 13.4. The molecular formula is C23H18N2O4. The lowest BCUT2D eigenvalue weighted by molar-refractivity contribution is 0.0378. The SMILES string of the molecule is COc1ccc(N2c3cc(OC)ccc3C(=O)C2(O)c2ccc(C#N)cc2)cc1. The molecule has 0 radical (unpaired) electrons. The predicted octanol–water partition coefficient (Wildman–Crippen LogP) is 3.76. The van der Waals surface area contributed by atoms with E-state index in [1.165, 1.54) is 0 Å². The summed E-state index contributed by atoms with van der Waals surface area (Å²) in [6.07, 6.45) is 0. The molecule has 29 heavy (non-hydrogen) atoms. The van der Waals surface area contributed by atoms with E-state index in [2.05, 4.69) is 0 Å². The van der Waals surface area contributed by atoms with Crippen molar-refractivity contribution in [1.29, 1.82) is 5.26 Å². The number of rotatable bonds is 4. The molecule has 0 amide bonds. The van der Waals surface area contributed by atoms with Gasteiger partial charge in [0.05, 0.1) is 31.5 Å². The number of ether oxygens (including phenoxy) is 2. The van der Waals surface area contributed by atoms with E-state index in [0.717, 1.165) is 0 Å². The third kappa shape index (κ3) is 2.80. The maximum Gasteiger partial charge on any atom is 0.234 e. The molecule has 4 rings (SSSR count). The van der Waals surface area contributed by atoms with Crippen molar-refractivity contribution in [1.82, 2.24) is 0 Å². The molecule has 0 saturated heterocycles. The minimum absolute atomic E-state index is 0.368. The zero-order valence-corrected chi connectivity index (χ0v) is 15.9. The number of anilines is 2. The van der Waals surface area contributed by atoms with Crippen LogP contribution in [0.25, 0.3) is 0 Å². The minimum Gasteiger partial charge on any atom is -0.497 e. The van der Waals surface area contributed by atoms with Crippen molar-refractivity contribution in [3.63, 3.8) is 0 Å². The summed E-state index contributed by atoms with van der Waals surface area (Å²) < 4.78 is 10.5. The summed E-state index contributed by atoms with van der Waals surface area (Å²) in [7, 11) is 3.12. The van der Waals surface area contributed by atoms with Gasteiger partial charge in [0, 0.05) is 22.9 Å². The highest BCUT2D eigenvalue weighted by Crippen LogP contribution is 2.49. The summed E-state index contributed by atoms with van der Waals surface area (Å²) >= 11 is 0. The summed E-state index contributed by atoms with van der Waals surface area (Å²) in [5.41, 5.74) is 0.375. The van der Waals surface area contributed by atoms with Crippen LogP contribution >= 0.6 is 0 Å². The first-order chi connectivity index (χ1) is 14.0. The van der Waals surface area contributed by atoms with Crippen molar-refractivity contribution in [2.45, 2.75) is 5.72 Å². The number of hydrogen-bond donors (Lipinski definition) is 1. The van der Waals surface area contributed by atoms with Crippen LogP contribution in [0.3, 0.4) is 0 Å². The van der Waals surface area contributed by atoms with Crippen LogP contribution in [-0.4, -0.2) is 25.1 Å². The van der Waals surface area contributed by atoms with E-state index in [1.54, 1.807) is 85.8 Å². The number of hydrogen-bond acceptors (Lipinski definition) is 6. The van der Waals surface area contributed by atoms with Gasteiger partial charge in [0.1, 0.15) is 11.5 Å². The number of nitriles is 1. The fraction of sp³-hybridized carbons (Fsp3) is 0.130. The third-order valence-corrected chi connectivity index (χ3v) is 5.08. The molecular weight excluding hydrogens is 368 g/mol. The highest BCUT2D eigenvalue weighted by Gasteiger charge is 2.52. The van der Waals surface area contributed by atoms with Gasteiger partial charge in [0.2, 0.25) is 11.5 Å². The number of methoxy groups -OCH3 is 2. The van der Waals surface area contributed by atoms with E-state index >= 15 is 0 Å². The van der Waals surface area contributed by atoms with Crippen LogP contribution < -0.4 is 14.4 Å². The van der Waals surface area contributed by atoms with Gasteiger partial charge < -0.3 is 19.5 Å². The van der Waals surface area contributed by atoms with Crippen molar-refractivity contribution >= 4 is 17.2 Å². The van der Waals surface area contributed by atoms with E-state index < -0.39 is 11.5 Å². The van der Waals surface area contributed by atoms with Crippen LogP contribution in [0.5, 0.6) is 11.5 Å². The molecule has 6 heteroatoms. The van der Waals surface area contributed by atoms with Crippen molar-refractivity contribution in [2.24, 2.45) is 0 Å². The molecule has 1 heterocycles. The van der Waals surface area contributed by atoms with Gasteiger partial charge in [-0.3, -0.25) is 4.79 Å². The summed E-state index contributed by atoms with van der Waals surface area (Å²) in [4.78, 5) is 14.9. The molecule has 1 N–H and O–H groups in total. The Kier molecular flexibility index (Phi) is 4.45. The Balaban J connectivity index is 1.94. The lowest BCUT2D eigenvalue weighted by Gasteiger charge is -2.34. The molecule has 0 bridgehead atoms. The second kappa shape index (κ2) is 6.97. The summed E-state index contributed by atoms with van der Waals surface area (Å²) in [5, 5.41) is 20.8. The molecule has 3 aromatic rings. The van der Waals surface area contributed by atoms with Gasteiger partial charge in [-0.1, -0.05) is 12.1 Å². The largest absolute Gasteiger partial charge is 0.497 e. The molecule has 1 aliphatic heterocycles. The Morgan fingerprint density at radius 3 is 2.14 bits per heavy atom. The highest BCUT2D eigenvalue weighted by atomic mass is 16.5. The van der Waals surface area contributed by atoms with Gasteiger partial charge in [0.25, 0.3) is 0 Å². The van der Waals surface area contributed by atoms with Crippen LogP contribution in [0.15, 0.2) is 66.7 Å². The van der Waals surface area contributed by atoms with Crippen LogP contribution in [0.4, 0.5) is 11.4 Å². The molecule has 0 fully saturated rings. The van der Waals surface area contributed by atoms with Gasteiger partial charge in [-0.2, -0.15) is 5.26 Å². The molecule has 0 saturated carbocycles. The molecule has 6 nitrogen and oxygen atoms in total. The van der Waals surface area contributed by atoms with E-state index in [1.807, 2.05) is 6.07 Å². The molecule has 3 aromatic carbocycles. The average molecular weight is 386 g/mol. The lowest BCUT2D eigenvalue weighted by atomic mass is 9.95. The minimum atomic E-state index is -1.96. The molecule has 1 unspecified atom stereocenters. The molecule has 0 aromatic heterocycles. The number of ketones is 1. The van der Waals surface area contributed by atoms with Crippen molar-refractivity contribution in [3.8, 4) is 17.6 Å². The first-order valence-corrected chi connectivity index (χ1v) is 8.93. The van der Waals surface area contributed by atoms with Gasteiger partial charge in [-0.15, -0.1) is 0 Å². The zero-order valence-electron chi connectivity index (χ0n) is 15.9. The summed E-state index contributed by atoms with van der Waals surface area (Å²) in [6.45, 7) is 0. The van der Waals surface area contributed by atoms with Crippen LogP contribution in [0, 0.1) is 11.3 Å². The van der Waals surface area contributed by atoms with Gasteiger partial charge in [0.15, 0.2) is 0 Å². The number of benzene rings is 3. The predicted molar refractivity (Wildman–Crippen MR) is 108 cm³/mol. The third-order valence-electron chi connectivity index (χ3n) is 5.08. The highest BCUT2D eigenvalue weighted by molar-refractivity contribution is 6.15. The second-order valence-electron chi connectivity index (χ2n) is 6.61. The average Bonchev–Trinajstić information content (AvgIpc) is 3.01. The second-order valence-corrected chi connectivity index (χ2v) is 6.61. The molecule has 1 atom stereocenters. The van der Waals surface area contributed by atoms with E-state index in [-0.39, 0.29) is 0 Å². The number of nitrogens with zero attached hydrogens (tertiary/aromatic N) is 2. The van der Waals surface area contributed by atoms with Crippen molar-refractivity contribution in [3.05, 3.63) is 83.4 Å². The molecule has 1 aliphatic rings. The Labute approximate surface area is 168 Å². The Morgan fingerprint density at radius 1 is 0.931 bits per heavy atom. The number of aliphatic hydroxyl groups is 1. The van der Waals surface area contributed by atoms with Crippen LogP contribution in [-0.2, 0) is 5.72 Å². The van der Waals surface area contributed by atoms with Crippen molar-refractivity contribution < 1.29 is 19.4 Å². The smallest absolute Gasteiger partial charge is 0.234 e. The van der Waals surface area contributed by atoms with Crippen LogP contribution in [0.1, 0.15) is 21.5 Å². The topological polar surface area (TPSA) is 82.8 Å². The quantitative estimate of drug-likeness (QED) is 0.735. The lowest BCUT2D eigenvalue weighted by Crippen LogP contribution is -2.45. The molecule has 144 valence electrons. The number of carbonyl (C=O) groups is 1. The van der Waals surface area contributed by atoms with Gasteiger partial charge in [-0.05, 0) is 48.5 Å². The Morgan fingerprint density at radius 2 is 1.55 bits per heavy atom. The number of Topliss-reactive ketones (excluding diaryl/α,β-unsaturated/α-hetero) is 1. The zero-order chi connectivity index (χ0) is 20.6. The monoisotopic (exact) mass is 386 g/mol. The van der Waals surface area contributed by atoms with Crippen LogP contribution in [0.2, 0.25) is 0 Å². The fourth-order valence-corrected chi connectivity index (χ4v) is 3.57. The van der Waals surface area contributed by atoms with Gasteiger partial charge in [-0.25, -0.2) is 0 Å². The molecule has 0 spiro atoms. The van der Waals surface area contributed by atoms with Crippen molar-refractivity contribution in [2.75, 3.05) is 19.1 Å².